The number of para-hydroxylation sites is 1. The lowest BCUT2D eigenvalue weighted by Crippen LogP contribution is -2.32. The Balaban J connectivity index is 1.93. The van der Waals surface area contributed by atoms with Gasteiger partial charge in [-0.2, -0.15) is 0 Å². The predicted octanol–water partition coefficient (Wildman–Crippen LogP) is 2.07. The molecule has 0 radical (unpaired) electrons. The maximum absolute atomic E-state index is 12.6. The Morgan fingerprint density at radius 1 is 0.923 bits per heavy atom. The minimum atomic E-state index is -0.793. The van der Waals surface area contributed by atoms with Gasteiger partial charge in [0.15, 0.2) is 0 Å². The van der Waals surface area contributed by atoms with Gasteiger partial charge in [-0.05, 0) is 36.4 Å². The van der Waals surface area contributed by atoms with Gasteiger partial charge in [0.05, 0.1) is 7.11 Å². The molecule has 0 atom stereocenters. The molecule has 1 aromatic heterocycles. The number of aromatic nitrogens is 2. The number of carbonyl (C=O) groups excluding carboxylic acids is 1. The fourth-order valence-corrected chi connectivity index (χ4v) is 2.33. The minimum absolute atomic E-state index is 0.0101. The summed E-state index contributed by atoms with van der Waals surface area (Å²) in [6, 6.07) is 15.5. The van der Waals surface area contributed by atoms with E-state index in [2.05, 4.69) is 20.6 Å². The molecule has 1 amide bonds. The molecule has 0 aliphatic rings. The highest BCUT2D eigenvalue weighted by Crippen LogP contribution is 2.18. The summed E-state index contributed by atoms with van der Waals surface area (Å²) < 4.78 is 5.06. The van der Waals surface area contributed by atoms with Gasteiger partial charge in [0.2, 0.25) is 0 Å². The summed E-state index contributed by atoms with van der Waals surface area (Å²) in [4.78, 5) is 40.9. The van der Waals surface area contributed by atoms with E-state index in [1.807, 2.05) is 6.07 Å². The molecule has 8 heteroatoms. The smallest absolute Gasteiger partial charge is 0.327 e. The summed E-state index contributed by atoms with van der Waals surface area (Å²) >= 11 is 0. The van der Waals surface area contributed by atoms with Crippen LogP contribution in [-0.4, -0.2) is 23.0 Å². The maximum atomic E-state index is 12.6. The van der Waals surface area contributed by atoms with Crippen LogP contribution in [0.1, 0.15) is 10.4 Å². The number of H-pyrrole nitrogens is 2. The Hall–Kier alpha value is -3.81. The first-order chi connectivity index (χ1) is 12.6. The van der Waals surface area contributed by atoms with Gasteiger partial charge in [0.1, 0.15) is 17.1 Å². The molecule has 0 bridgehead atoms. The second-order valence-electron chi connectivity index (χ2n) is 5.33. The molecular weight excluding hydrogens is 336 g/mol. The van der Waals surface area contributed by atoms with Gasteiger partial charge in [0, 0.05) is 11.4 Å². The quantitative estimate of drug-likeness (QED) is 0.561. The Morgan fingerprint density at radius 3 is 2.27 bits per heavy atom. The molecule has 8 nitrogen and oxygen atoms in total. The Morgan fingerprint density at radius 2 is 1.62 bits per heavy atom. The zero-order valence-corrected chi connectivity index (χ0v) is 13.8. The fraction of sp³-hybridized carbons (Fsp3) is 0.0556. The summed E-state index contributed by atoms with van der Waals surface area (Å²) in [6.45, 7) is 0. The largest absolute Gasteiger partial charge is 0.497 e. The number of carbonyl (C=O) groups is 1. The van der Waals surface area contributed by atoms with E-state index in [0.717, 1.165) is 0 Å². The zero-order chi connectivity index (χ0) is 18.5. The number of aromatic amines is 2. The summed E-state index contributed by atoms with van der Waals surface area (Å²) in [5.74, 6) is -0.0154. The maximum Gasteiger partial charge on any atom is 0.327 e. The third-order valence-electron chi connectivity index (χ3n) is 3.56. The van der Waals surface area contributed by atoms with Crippen LogP contribution in [0.5, 0.6) is 5.75 Å². The van der Waals surface area contributed by atoms with E-state index in [1.54, 1.807) is 48.5 Å². The highest BCUT2D eigenvalue weighted by atomic mass is 16.5. The van der Waals surface area contributed by atoms with Crippen molar-refractivity contribution in [3.63, 3.8) is 0 Å². The molecule has 0 aliphatic heterocycles. The molecule has 0 fully saturated rings. The summed E-state index contributed by atoms with van der Waals surface area (Å²) in [5, 5.41) is 5.50. The summed E-state index contributed by atoms with van der Waals surface area (Å²) in [7, 11) is 1.54. The van der Waals surface area contributed by atoms with Crippen molar-refractivity contribution < 1.29 is 9.53 Å². The van der Waals surface area contributed by atoms with Gasteiger partial charge < -0.3 is 15.4 Å². The first-order valence-corrected chi connectivity index (χ1v) is 7.71. The van der Waals surface area contributed by atoms with Crippen LogP contribution >= 0.6 is 0 Å². The molecule has 3 rings (SSSR count). The van der Waals surface area contributed by atoms with Crippen LogP contribution in [-0.2, 0) is 0 Å². The van der Waals surface area contributed by atoms with Crippen LogP contribution in [0.25, 0.3) is 0 Å². The predicted molar refractivity (Wildman–Crippen MR) is 98.4 cm³/mol. The Bertz CT molecular complexity index is 1020. The molecule has 1 heterocycles. The lowest BCUT2D eigenvalue weighted by atomic mass is 10.2. The number of ether oxygens (including phenoxy) is 1. The molecule has 132 valence electrons. The van der Waals surface area contributed by atoms with Crippen LogP contribution in [0.4, 0.5) is 17.2 Å². The van der Waals surface area contributed by atoms with Gasteiger partial charge in [-0.1, -0.05) is 18.2 Å². The van der Waals surface area contributed by atoms with Gasteiger partial charge in [-0.15, -0.1) is 0 Å². The third-order valence-corrected chi connectivity index (χ3v) is 3.56. The molecule has 4 N–H and O–H groups in total. The van der Waals surface area contributed by atoms with Crippen molar-refractivity contribution in [2.45, 2.75) is 0 Å². The zero-order valence-electron chi connectivity index (χ0n) is 13.8. The number of rotatable bonds is 5. The number of anilines is 3. The van der Waals surface area contributed by atoms with Gasteiger partial charge in [-0.25, -0.2) is 4.79 Å². The highest BCUT2D eigenvalue weighted by Gasteiger charge is 2.18. The van der Waals surface area contributed by atoms with Crippen molar-refractivity contribution in [2.75, 3.05) is 17.7 Å². The number of benzene rings is 2. The topological polar surface area (TPSA) is 116 Å². The highest BCUT2D eigenvalue weighted by molar-refractivity contribution is 6.07. The van der Waals surface area contributed by atoms with Crippen molar-refractivity contribution >= 4 is 23.1 Å². The van der Waals surface area contributed by atoms with Crippen LogP contribution < -0.4 is 26.6 Å². The van der Waals surface area contributed by atoms with E-state index >= 15 is 0 Å². The molecule has 0 saturated heterocycles. The average molecular weight is 352 g/mol. The third kappa shape index (κ3) is 3.81. The normalized spacial score (nSPS) is 10.2. The first kappa shape index (κ1) is 17.0. The molecule has 0 aliphatic carbocycles. The van der Waals surface area contributed by atoms with Crippen molar-refractivity contribution in [1.82, 2.24) is 9.97 Å². The van der Waals surface area contributed by atoms with Crippen LogP contribution in [0.15, 0.2) is 64.2 Å². The number of methoxy groups -OCH3 is 1. The lowest BCUT2D eigenvalue weighted by molar-refractivity contribution is 0.102. The molecule has 3 aromatic rings. The van der Waals surface area contributed by atoms with E-state index in [-0.39, 0.29) is 11.4 Å². The molecular formula is C18H16N4O4. The average Bonchev–Trinajstić information content (AvgIpc) is 2.62. The Labute approximate surface area is 147 Å². The number of amides is 1. The molecule has 0 spiro atoms. The van der Waals surface area contributed by atoms with Gasteiger partial charge >= 0.3 is 5.69 Å². The SMILES string of the molecule is COc1ccc(NC(=O)c2c(Nc3ccccc3)[nH]c(=O)[nH]c2=O)cc1. The lowest BCUT2D eigenvalue weighted by Gasteiger charge is -2.11. The number of hydrogen-bond donors (Lipinski definition) is 4. The van der Waals surface area contributed by atoms with Crippen molar-refractivity contribution in [3.05, 3.63) is 81.0 Å². The van der Waals surface area contributed by atoms with Crippen molar-refractivity contribution in [1.29, 1.82) is 0 Å². The van der Waals surface area contributed by atoms with E-state index < -0.39 is 17.2 Å². The minimum Gasteiger partial charge on any atom is -0.497 e. The summed E-state index contributed by atoms with van der Waals surface area (Å²) in [6.07, 6.45) is 0. The molecule has 2 aromatic carbocycles. The second-order valence-corrected chi connectivity index (χ2v) is 5.33. The number of hydrogen-bond acceptors (Lipinski definition) is 5. The molecule has 0 saturated carbocycles. The van der Waals surface area contributed by atoms with Crippen LogP contribution in [0.2, 0.25) is 0 Å². The Kier molecular flexibility index (Phi) is 4.84. The first-order valence-electron chi connectivity index (χ1n) is 7.71. The van der Waals surface area contributed by atoms with Crippen LogP contribution in [0, 0.1) is 0 Å². The van der Waals surface area contributed by atoms with Crippen molar-refractivity contribution in [2.24, 2.45) is 0 Å². The fourth-order valence-electron chi connectivity index (χ4n) is 2.33. The van der Waals surface area contributed by atoms with E-state index in [0.29, 0.717) is 17.1 Å². The van der Waals surface area contributed by atoms with Crippen LogP contribution in [0.3, 0.4) is 0 Å². The van der Waals surface area contributed by atoms with E-state index in [9.17, 15) is 14.4 Å². The van der Waals surface area contributed by atoms with Crippen molar-refractivity contribution in [3.8, 4) is 5.75 Å². The van der Waals surface area contributed by atoms with Gasteiger partial charge in [-0.3, -0.25) is 19.6 Å². The monoisotopic (exact) mass is 352 g/mol. The van der Waals surface area contributed by atoms with Gasteiger partial charge in [0.25, 0.3) is 11.5 Å². The second kappa shape index (κ2) is 7.39. The van der Waals surface area contributed by atoms with E-state index in [4.69, 9.17) is 4.74 Å². The van der Waals surface area contributed by atoms with E-state index in [1.165, 1.54) is 7.11 Å². The number of nitrogens with one attached hydrogen (secondary N) is 4. The molecule has 26 heavy (non-hydrogen) atoms. The summed E-state index contributed by atoms with van der Waals surface area (Å²) in [5.41, 5.74) is -0.642. The standard InChI is InChI=1S/C18H16N4O4/c1-26-13-9-7-12(8-10-13)20-16(23)14-15(21-18(25)22-17(14)24)19-11-5-3-2-4-6-11/h2-10H,1H3,(H,20,23)(H3,19,21,22,24,25). The molecule has 0 unspecified atom stereocenters.